The highest BCUT2D eigenvalue weighted by atomic mass is 16.5. The number of esters is 1. The summed E-state index contributed by atoms with van der Waals surface area (Å²) in [6.07, 6.45) is 2.60. The van der Waals surface area contributed by atoms with E-state index in [1.54, 1.807) is 17.9 Å². The molecule has 0 saturated heterocycles. The van der Waals surface area contributed by atoms with Crippen LogP contribution in [-0.2, 0) is 20.7 Å². The molecule has 0 heterocycles. The third-order valence-electron chi connectivity index (χ3n) is 3.13. The van der Waals surface area contributed by atoms with Crippen molar-refractivity contribution in [3.63, 3.8) is 0 Å². The molecule has 0 spiro atoms. The van der Waals surface area contributed by atoms with Crippen LogP contribution >= 0.6 is 0 Å². The van der Waals surface area contributed by atoms with Gasteiger partial charge in [0.1, 0.15) is 0 Å². The molecule has 0 atom stereocenters. The summed E-state index contributed by atoms with van der Waals surface area (Å²) in [6, 6.07) is 10.0. The summed E-state index contributed by atoms with van der Waals surface area (Å²) in [7, 11) is 0. The molecule has 0 N–H and O–H groups in total. The van der Waals surface area contributed by atoms with Crippen molar-refractivity contribution in [3.8, 4) is 0 Å². The molecule has 0 radical (unpaired) electrons. The third-order valence-corrected chi connectivity index (χ3v) is 3.13. The van der Waals surface area contributed by atoms with Gasteiger partial charge in [-0.15, -0.1) is 0 Å². The fourth-order valence-corrected chi connectivity index (χ4v) is 2.04. The number of benzene rings is 1. The van der Waals surface area contributed by atoms with Crippen LogP contribution < -0.4 is 0 Å². The smallest absolute Gasteiger partial charge is 0.307 e. The zero-order chi connectivity index (χ0) is 16.4. The van der Waals surface area contributed by atoms with E-state index < -0.39 is 0 Å². The Labute approximate surface area is 132 Å². The van der Waals surface area contributed by atoms with E-state index in [4.69, 9.17) is 4.74 Å². The van der Waals surface area contributed by atoms with Crippen LogP contribution in [-0.4, -0.2) is 36.5 Å². The van der Waals surface area contributed by atoms with E-state index in [1.807, 2.05) is 44.2 Å². The average Bonchev–Trinajstić information content (AvgIpc) is 2.47. The molecule has 4 heteroatoms. The molecule has 0 bridgehead atoms. The lowest BCUT2D eigenvalue weighted by atomic mass is 10.1. The maximum Gasteiger partial charge on any atom is 0.307 e. The highest BCUT2D eigenvalue weighted by molar-refractivity contribution is 5.88. The molecule has 1 rings (SSSR count). The maximum absolute atomic E-state index is 12.2. The van der Waals surface area contributed by atoms with Gasteiger partial charge in [0.2, 0.25) is 5.91 Å². The zero-order valence-corrected chi connectivity index (χ0v) is 13.7. The van der Waals surface area contributed by atoms with Crippen LogP contribution in [0.4, 0.5) is 0 Å². The fraction of sp³-hybridized carbons (Fsp3) is 0.444. The van der Waals surface area contributed by atoms with Crippen molar-refractivity contribution >= 4 is 11.9 Å². The highest BCUT2D eigenvalue weighted by Gasteiger charge is 2.13. The molecule has 1 amide bonds. The van der Waals surface area contributed by atoms with Gasteiger partial charge in [-0.3, -0.25) is 9.59 Å². The minimum absolute atomic E-state index is 0.0553. The van der Waals surface area contributed by atoms with Crippen molar-refractivity contribution in [1.82, 2.24) is 4.90 Å². The quantitative estimate of drug-likeness (QED) is 0.548. The first-order valence-electron chi connectivity index (χ1n) is 7.66. The second-order valence-corrected chi connectivity index (χ2v) is 5.34. The molecular weight excluding hydrogens is 278 g/mol. The first-order chi connectivity index (χ1) is 10.5. The number of ether oxygens (including phenoxy) is 1. The summed E-state index contributed by atoms with van der Waals surface area (Å²) < 4.78 is 4.92. The Morgan fingerprint density at radius 2 is 1.82 bits per heavy atom. The van der Waals surface area contributed by atoms with Gasteiger partial charge in [-0.2, -0.15) is 0 Å². The monoisotopic (exact) mass is 303 g/mol. The lowest BCUT2D eigenvalue weighted by Crippen LogP contribution is -2.34. The van der Waals surface area contributed by atoms with E-state index in [-0.39, 0.29) is 18.3 Å². The van der Waals surface area contributed by atoms with Gasteiger partial charge >= 0.3 is 5.97 Å². The SMILES string of the molecule is CCOC(=O)CCN(CCc1ccccc1)C(=O)C=C(C)C. The molecule has 0 fully saturated rings. The van der Waals surface area contributed by atoms with Gasteiger partial charge in [0.15, 0.2) is 0 Å². The Balaban J connectivity index is 2.63. The lowest BCUT2D eigenvalue weighted by molar-refractivity contribution is -0.143. The van der Waals surface area contributed by atoms with Crippen LogP contribution in [0.1, 0.15) is 32.8 Å². The van der Waals surface area contributed by atoms with Crippen LogP contribution in [0, 0.1) is 0 Å². The molecule has 0 saturated carbocycles. The first-order valence-corrected chi connectivity index (χ1v) is 7.66. The van der Waals surface area contributed by atoms with Crippen LogP contribution in [0.5, 0.6) is 0 Å². The second-order valence-electron chi connectivity index (χ2n) is 5.34. The number of hydrogen-bond acceptors (Lipinski definition) is 3. The zero-order valence-electron chi connectivity index (χ0n) is 13.7. The highest BCUT2D eigenvalue weighted by Crippen LogP contribution is 2.05. The van der Waals surface area contributed by atoms with Crippen LogP contribution in [0.15, 0.2) is 42.0 Å². The van der Waals surface area contributed by atoms with E-state index >= 15 is 0 Å². The predicted octanol–water partition coefficient (Wildman–Crippen LogP) is 2.98. The van der Waals surface area contributed by atoms with Gasteiger partial charge in [-0.25, -0.2) is 0 Å². The Morgan fingerprint density at radius 1 is 1.14 bits per heavy atom. The standard InChI is InChI=1S/C18H25NO3/c1-4-22-18(21)11-13-19(17(20)14-15(2)3)12-10-16-8-6-5-7-9-16/h5-9,14H,4,10-13H2,1-3H3. The summed E-state index contributed by atoms with van der Waals surface area (Å²) in [5.74, 6) is -0.322. The minimum atomic E-state index is -0.266. The van der Waals surface area contributed by atoms with Crippen molar-refractivity contribution < 1.29 is 14.3 Å². The largest absolute Gasteiger partial charge is 0.466 e. The Hall–Kier alpha value is -2.10. The van der Waals surface area contributed by atoms with Gasteiger partial charge < -0.3 is 9.64 Å². The molecule has 0 aromatic heterocycles. The molecule has 22 heavy (non-hydrogen) atoms. The number of carbonyl (C=O) groups is 2. The second kappa shape index (κ2) is 9.77. The normalized spacial score (nSPS) is 9.95. The molecule has 0 unspecified atom stereocenters. The minimum Gasteiger partial charge on any atom is -0.466 e. The van der Waals surface area contributed by atoms with E-state index in [9.17, 15) is 9.59 Å². The molecule has 1 aromatic rings. The summed E-state index contributed by atoms with van der Waals surface area (Å²) in [4.78, 5) is 25.4. The van der Waals surface area contributed by atoms with Crippen LogP contribution in [0.2, 0.25) is 0 Å². The summed E-state index contributed by atoms with van der Waals surface area (Å²) >= 11 is 0. The van der Waals surface area contributed by atoms with Crippen LogP contribution in [0.25, 0.3) is 0 Å². The van der Waals surface area contributed by atoms with Gasteiger partial charge in [0.05, 0.1) is 13.0 Å². The molecular formula is C18H25NO3. The van der Waals surface area contributed by atoms with Crippen molar-refractivity contribution in [2.45, 2.75) is 33.6 Å². The molecule has 120 valence electrons. The number of rotatable bonds is 8. The van der Waals surface area contributed by atoms with Crippen molar-refractivity contribution in [1.29, 1.82) is 0 Å². The molecule has 0 aliphatic heterocycles. The molecule has 0 aliphatic carbocycles. The maximum atomic E-state index is 12.2. The summed E-state index contributed by atoms with van der Waals surface area (Å²) in [6.45, 7) is 6.89. The first kappa shape index (κ1) is 18.0. The number of hydrogen-bond donors (Lipinski definition) is 0. The number of carbonyl (C=O) groups excluding carboxylic acids is 2. The van der Waals surface area contributed by atoms with Crippen molar-refractivity contribution in [3.05, 3.63) is 47.5 Å². The fourth-order valence-electron chi connectivity index (χ4n) is 2.04. The molecule has 1 aromatic carbocycles. The van der Waals surface area contributed by atoms with Gasteiger partial charge in [-0.05, 0) is 32.8 Å². The summed E-state index contributed by atoms with van der Waals surface area (Å²) in [5, 5.41) is 0. The molecule has 0 aliphatic rings. The summed E-state index contributed by atoms with van der Waals surface area (Å²) in [5.41, 5.74) is 2.12. The predicted molar refractivity (Wildman–Crippen MR) is 87.4 cm³/mol. The van der Waals surface area contributed by atoms with E-state index in [1.165, 1.54) is 5.56 Å². The van der Waals surface area contributed by atoms with Crippen LogP contribution in [0.3, 0.4) is 0 Å². The lowest BCUT2D eigenvalue weighted by Gasteiger charge is -2.21. The van der Waals surface area contributed by atoms with Gasteiger partial charge in [0, 0.05) is 19.2 Å². The van der Waals surface area contributed by atoms with Gasteiger partial charge in [-0.1, -0.05) is 35.9 Å². The topological polar surface area (TPSA) is 46.6 Å². The third kappa shape index (κ3) is 7.07. The van der Waals surface area contributed by atoms with Gasteiger partial charge in [0.25, 0.3) is 0 Å². The van der Waals surface area contributed by atoms with E-state index in [0.29, 0.717) is 19.7 Å². The Bertz CT molecular complexity index is 504. The Morgan fingerprint density at radius 3 is 2.41 bits per heavy atom. The van der Waals surface area contributed by atoms with Crippen molar-refractivity contribution in [2.24, 2.45) is 0 Å². The molecule has 4 nitrogen and oxygen atoms in total. The number of amides is 1. The number of allylic oxidation sites excluding steroid dienone is 1. The number of nitrogens with zero attached hydrogens (tertiary/aromatic N) is 1. The van der Waals surface area contributed by atoms with Crippen molar-refractivity contribution in [2.75, 3.05) is 19.7 Å². The Kier molecular flexibility index (Phi) is 7.97. The average molecular weight is 303 g/mol. The van der Waals surface area contributed by atoms with E-state index in [0.717, 1.165) is 12.0 Å². The van der Waals surface area contributed by atoms with E-state index in [2.05, 4.69) is 0 Å².